The smallest absolute Gasteiger partial charge is 0.261 e. The van der Waals surface area contributed by atoms with Crippen LogP contribution in [0.3, 0.4) is 0 Å². The van der Waals surface area contributed by atoms with E-state index in [0.717, 1.165) is 12.0 Å². The summed E-state index contributed by atoms with van der Waals surface area (Å²) < 4.78 is 33.5. The van der Waals surface area contributed by atoms with Crippen LogP contribution in [0.5, 0.6) is 11.5 Å². The van der Waals surface area contributed by atoms with Gasteiger partial charge in [-0.1, -0.05) is 43.3 Å². The van der Waals surface area contributed by atoms with Gasteiger partial charge in [-0.15, -0.1) is 0 Å². The quantitative estimate of drug-likeness (QED) is 0.690. The first kappa shape index (κ1) is 17.0. The zero-order valence-electron chi connectivity index (χ0n) is 13.8. The number of ether oxygens (including phenoxy) is 1. The predicted molar refractivity (Wildman–Crippen MR) is 99.6 cm³/mol. The van der Waals surface area contributed by atoms with Gasteiger partial charge in [-0.3, -0.25) is 4.72 Å². The number of para-hydroxylation sites is 2. The van der Waals surface area contributed by atoms with E-state index in [4.69, 9.17) is 4.74 Å². The van der Waals surface area contributed by atoms with Gasteiger partial charge in [0.1, 0.15) is 11.5 Å². The molecule has 4 nitrogen and oxygen atoms in total. The molecule has 25 heavy (non-hydrogen) atoms. The van der Waals surface area contributed by atoms with E-state index in [1.165, 1.54) is 12.1 Å². The minimum atomic E-state index is -3.64. The number of nitrogens with one attached hydrogen (secondary N) is 1. The van der Waals surface area contributed by atoms with Gasteiger partial charge in [0.15, 0.2) is 0 Å². The Labute approximate surface area is 148 Å². The Morgan fingerprint density at radius 3 is 2.08 bits per heavy atom. The molecule has 0 aliphatic carbocycles. The molecule has 0 spiro atoms. The van der Waals surface area contributed by atoms with Crippen molar-refractivity contribution in [2.24, 2.45) is 0 Å². The summed E-state index contributed by atoms with van der Waals surface area (Å²) in [6.45, 7) is 1.99. The Bertz CT molecular complexity index is 936. The first-order valence-electron chi connectivity index (χ1n) is 8.02. The minimum Gasteiger partial charge on any atom is -0.457 e. The summed E-state index contributed by atoms with van der Waals surface area (Å²) in [4.78, 5) is 0.193. The molecule has 0 aromatic heterocycles. The number of anilines is 1. The molecule has 1 N–H and O–H groups in total. The van der Waals surface area contributed by atoms with E-state index >= 15 is 0 Å². The van der Waals surface area contributed by atoms with Crippen molar-refractivity contribution in [3.05, 3.63) is 84.4 Å². The largest absolute Gasteiger partial charge is 0.457 e. The fraction of sp³-hybridized carbons (Fsp3) is 0.100. The van der Waals surface area contributed by atoms with Crippen LogP contribution >= 0.6 is 0 Å². The third-order valence-electron chi connectivity index (χ3n) is 3.76. The van der Waals surface area contributed by atoms with Gasteiger partial charge in [0.25, 0.3) is 10.0 Å². The molecule has 0 bridgehead atoms. The van der Waals surface area contributed by atoms with E-state index < -0.39 is 10.0 Å². The maximum absolute atomic E-state index is 12.6. The predicted octanol–water partition coefficient (Wildman–Crippen LogP) is 4.84. The van der Waals surface area contributed by atoms with E-state index in [9.17, 15) is 8.42 Å². The molecule has 0 amide bonds. The fourth-order valence-electron chi connectivity index (χ4n) is 2.44. The molecule has 3 rings (SSSR count). The standard InChI is InChI=1S/C20H19NO3S/c1-2-16-8-6-7-11-20(16)21-25(22,23)19-14-12-18(13-15-19)24-17-9-4-3-5-10-17/h3-15,21H,2H2,1H3. The number of hydrogen-bond donors (Lipinski definition) is 1. The van der Waals surface area contributed by atoms with Crippen molar-refractivity contribution in [2.45, 2.75) is 18.2 Å². The molecule has 0 saturated carbocycles. The molecule has 0 heterocycles. The summed E-state index contributed by atoms with van der Waals surface area (Å²) in [5.41, 5.74) is 1.56. The van der Waals surface area contributed by atoms with Crippen molar-refractivity contribution >= 4 is 15.7 Å². The average molecular weight is 353 g/mol. The molecule has 128 valence electrons. The summed E-state index contributed by atoms with van der Waals surface area (Å²) in [5, 5.41) is 0. The van der Waals surface area contributed by atoms with Crippen LogP contribution in [0.4, 0.5) is 5.69 Å². The lowest BCUT2D eigenvalue weighted by Crippen LogP contribution is -2.14. The highest BCUT2D eigenvalue weighted by Gasteiger charge is 2.15. The number of rotatable bonds is 6. The SMILES string of the molecule is CCc1ccccc1NS(=O)(=O)c1ccc(Oc2ccccc2)cc1. The van der Waals surface area contributed by atoms with Gasteiger partial charge in [-0.2, -0.15) is 0 Å². The van der Waals surface area contributed by atoms with Gasteiger partial charge in [0, 0.05) is 0 Å². The number of benzene rings is 3. The minimum absolute atomic E-state index is 0.193. The van der Waals surface area contributed by atoms with Crippen LogP contribution in [0.1, 0.15) is 12.5 Å². The van der Waals surface area contributed by atoms with Crippen LogP contribution in [0, 0.1) is 0 Å². The Hall–Kier alpha value is -2.79. The van der Waals surface area contributed by atoms with Crippen LogP contribution in [-0.4, -0.2) is 8.42 Å². The second kappa shape index (κ2) is 7.40. The fourth-order valence-corrected chi connectivity index (χ4v) is 3.54. The molecular weight excluding hydrogens is 334 g/mol. The van der Waals surface area contributed by atoms with Crippen molar-refractivity contribution in [3.63, 3.8) is 0 Å². The van der Waals surface area contributed by atoms with Crippen LogP contribution < -0.4 is 9.46 Å². The second-order valence-electron chi connectivity index (χ2n) is 5.50. The summed E-state index contributed by atoms with van der Waals surface area (Å²) in [5.74, 6) is 1.28. The molecule has 0 unspecified atom stereocenters. The van der Waals surface area contributed by atoms with E-state index in [0.29, 0.717) is 17.2 Å². The molecule has 0 atom stereocenters. The highest BCUT2D eigenvalue weighted by atomic mass is 32.2. The van der Waals surface area contributed by atoms with Crippen molar-refractivity contribution in [3.8, 4) is 11.5 Å². The average Bonchev–Trinajstić information content (AvgIpc) is 2.63. The molecule has 3 aromatic carbocycles. The van der Waals surface area contributed by atoms with E-state index in [2.05, 4.69) is 4.72 Å². The Morgan fingerprint density at radius 1 is 0.800 bits per heavy atom. The Kier molecular flexibility index (Phi) is 5.05. The van der Waals surface area contributed by atoms with Gasteiger partial charge >= 0.3 is 0 Å². The van der Waals surface area contributed by atoms with Gasteiger partial charge in [0.2, 0.25) is 0 Å². The van der Waals surface area contributed by atoms with Crippen LogP contribution in [0.25, 0.3) is 0 Å². The van der Waals surface area contributed by atoms with Crippen LogP contribution in [0.15, 0.2) is 83.8 Å². The Morgan fingerprint density at radius 2 is 1.40 bits per heavy atom. The highest BCUT2D eigenvalue weighted by Crippen LogP contribution is 2.24. The molecule has 0 aliphatic heterocycles. The number of sulfonamides is 1. The molecular formula is C20H19NO3S. The summed E-state index contributed by atoms with van der Waals surface area (Å²) in [6, 6.07) is 23.1. The van der Waals surface area contributed by atoms with Crippen molar-refractivity contribution in [2.75, 3.05) is 4.72 Å². The lowest BCUT2D eigenvalue weighted by atomic mass is 10.1. The zero-order chi connectivity index (χ0) is 17.7. The maximum atomic E-state index is 12.6. The lowest BCUT2D eigenvalue weighted by Gasteiger charge is -2.12. The first-order valence-corrected chi connectivity index (χ1v) is 9.50. The van der Waals surface area contributed by atoms with Crippen molar-refractivity contribution in [1.82, 2.24) is 0 Å². The molecule has 3 aromatic rings. The van der Waals surface area contributed by atoms with E-state index in [1.54, 1.807) is 18.2 Å². The molecule has 0 fully saturated rings. The Balaban J connectivity index is 1.78. The van der Waals surface area contributed by atoms with E-state index in [1.807, 2.05) is 55.5 Å². The monoisotopic (exact) mass is 353 g/mol. The van der Waals surface area contributed by atoms with Crippen molar-refractivity contribution in [1.29, 1.82) is 0 Å². The second-order valence-corrected chi connectivity index (χ2v) is 7.19. The lowest BCUT2D eigenvalue weighted by molar-refractivity contribution is 0.482. The van der Waals surface area contributed by atoms with Crippen LogP contribution in [0.2, 0.25) is 0 Å². The third kappa shape index (κ3) is 4.19. The molecule has 0 radical (unpaired) electrons. The summed E-state index contributed by atoms with van der Waals surface area (Å²) in [7, 11) is -3.64. The van der Waals surface area contributed by atoms with Crippen LogP contribution in [-0.2, 0) is 16.4 Å². The highest BCUT2D eigenvalue weighted by molar-refractivity contribution is 7.92. The number of aryl methyl sites for hydroxylation is 1. The normalized spacial score (nSPS) is 11.1. The molecule has 5 heteroatoms. The summed E-state index contributed by atoms with van der Waals surface area (Å²) >= 11 is 0. The first-order chi connectivity index (χ1) is 12.1. The van der Waals surface area contributed by atoms with Gasteiger partial charge in [-0.25, -0.2) is 8.42 Å². The molecule has 0 saturated heterocycles. The summed E-state index contributed by atoms with van der Waals surface area (Å²) in [6.07, 6.45) is 0.753. The zero-order valence-corrected chi connectivity index (χ0v) is 14.7. The molecule has 0 aliphatic rings. The van der Waals surface area contributed by atoms with Gasteiger partial charge in [-0.05, 0) is 54.4 Å². The van der Waals surface area contributed by atoms with Crippen molar-refractivity contribution < 1.29 is 13.2 Å². The third-order valence-corrected chi connectivity index (χ3v) is 5.14. The van der Waals surface area contributed by atoms with E-state index in [-0.39, 0.29) is 4.90 Å². The maximum Gasteiger partial charge on any atom is 0.261 e. The van der Waals surface area contributed by atoms with Gasteiger partial charge < -0.3 is 4.74 Å². The topological polar surface area (TPSA) is 55.4 Å². The van der Waals surface area contributed by atoms with Gasteiger partial charge in [0.05, 0.1) is 10.6 Å². The number of hydrogen-bond acceptors (Lipinski definition) is 3.